The van der Waals surface area contributed by atoms with Gasteiger partial charge >= 0.3 is 0 Å². The van der Waals surface area contributed by atoms with Crippen LogP contribution in [0.3, 0.4) is 0 Å². The third-order valence-corrected chi connectivity index (χ3v) is 4.44. The first-order chi connectivity index (χ1) is 10.7. The summed E-state index contributed by atoms with van der Waals surface area (Å²) in [6, 6.07) is 13.9. The van der Waals surface area contributed by atoms with E-state index in [1.54, 1.807) is 10.6 Å². The minimum Gasteiger partial charge on any atom is -0.269 e. The highest BCUT2D eigenvalue weighted by molar-refractivity contribution is 9.10. The third-order valence-electron chi connectivity index (χ3n) is 3.97. The summed E-state index contributed by atoms with van der Waals surface area (Å²) in [4.78, 5) is 17.4. The highest BCUT2D eigenvalue weighted by atomic mass is 79.9. The quantitative estimate of drug-likeness (QED) is 0.664. The first-order valence-electron chi connectivity index (χ1n) is 7.19. The van der Waals surface area contributed by atoms with Crippen LogP contribution in [0.25, 0.3) is 17.3 Å². The zero-order chi connectivity index (χ0) is 15.1. The first-order valence-corrected chi connectivity index (χ1v) is 7.98. The van der Waals surface area contributed by atoms with Crippen LogP contribution in [0.2, 0.25) is 0 Å². The van der Waals surface area contributed by atoms with E-state index >= 15 is 0 Å². The van der Waals surface area contributed by atoms with Crippen LogP contribution in [0, 0.1) is 0 Å². The molecule has 4 heteroatoms. The second kappa shape index (κ2) is 5.21. The number of pyridine rings is 1. The van der Waals surface area contributed by atoms with Crippen molar-refractivity contribution >= 4 is 33.2 Å². The van der Waals surface area contributed by atoms with Crippen molar-refractivity contribution in [3.63, 3.8) is 0 Å². The lowest BCUT2D eigenvalue weighted by Gasteiger charge is -2.05. The smallest absolute Gasteiger partial charge is 0.261 e. The largest absolute Gasteiger partial charge is 0.269 e. The Balaban J connectivity index is 1.92. The van der Waals surface area contributed by atoms with Crippen molar-refractivity contribution in [3.8, 4) is 0 Å². The molecule has 108 valence electrons. The predicted molar refractivity (Wildman–Crippen MR) is 91.8 cm³/mol. The molecule has 1 aromatic carbocycles. The molecule has 0 unspecified atom stereocenters. The van der Waals surface area contributed by atoms with E-state index in [1.807, 2.05) is 30.3 Å². The third kappa shape index (κ3) is 2.20. The molecule has 0 amide bonds. The van der Waals surface area contributed by atoms with E-state index in [4.69, 9.17) is 4.98 Å². The average molecular weight is 353 g/mol. The van der Waals surface area contributed by atoms with Crippen molar-refractivity contribution in [2.45, 2.75) is 12.8 Å². The van der Waals surface area contributed by atoms with Gasteiger partial charge in [-0.2, -0.15) is 0 Å². The molecule has 0 radical (unpaired) electrons. The second-order valence-electron chi connectivity index (χ2n) is 5.40. The average Bonchev–Trinajstić information content (AvgIpc) is 2.93. The van der Waals surface area contributed by atoms with E-state index in [2.05, 4.69) is 34.1 Å². The minimum absolute atomic E-state index is 0.0396. The summed E-state index contributed by atoms with van der Waals surface area (Å²) in [5.41, 5.74) is 4.69. The van der Waals surface area contributed by atoms with Gasteiger partial charge in [-0.05, 0) is 58.1 Å². The molecule has 0 saturated carbocycles. The van der Waals surface area contributed by atoms with E-state index in [-0.39, 0.29) is 5.56 Å². The zero-order valence-electron chi connectivity index (χ0n) is 11.8. The molecule has 0 saturated heterocycles. The maximum absolute atomic E-state index is 12.6. The molecule has 0 spiro atoms. The molecule has 3 nitrogen and oxygen atoms in total. The molecular weight excluding hydrogens is 340 g/mol. The lowest BCUT2D eigenvalue weighted by molar-refractivity contribution is 0.968. The summed E-state index contributed by atoms with van der Waals surface area (Å²) in [6.07, 6.45) is 5.54. The lowest BCUT2D eigenvalue weighted by Crippen LogP contribution is -2.19. The van der Waals surface area contributed by atoms with Crippen LogP contribution in [-0.2, 0) is 6.42 Å². The Morgan fingerprint density at radius 1 is 1.09 bits per heavy atom. The number of rotatable bonds is 1. The van der Waals surface area contributed by atoms with Gasteiger partial charge in [-0.15, -0.1) is 0 Å². The summed E-state index contributed by atoms with van der Waals surface area (Å²) >= 11 is 3.40. The van der Waals surface area contributed by atoms with E-state index in [0.29, 0.717) is 5.65 Å². The zero-order valence-corrected chi connectivity index (χ0v) is 13.4. The van der Waals surface area contributed by atoms with Crippen LogP contribution in [0.1, 0.15) is 23.2 Å². The normalized spacial score (nSPS) is 15.4. The molecular formula is C18H13BrN2O. The van der Waals surface area contributed by atoms with Crippen molar-refractivity contribution < 1.29 is 0 Å². The van der Waals surface area contributed by atoms with Crippen LogP contribution < -0.4 is 5.56 Å². The number of halogens is 1. The van der Waals surface area contributed by atoms with Crippen molar-refractivity contribution in [2.24, 2.45) is 0 Å². The minimum atomic E-state index is 0.0396. The van der Waals surface area contributed by atoms with Gasteiger partial charge in [-0.3, -0.25) is 9.20 Å². The number of hydrogen-bond donors (Lipinski definition) is 0. The van der Waals surface area contributed by atoms with Crippen molar-refractivity contribution in [3.05, 3.63) is 80.3 Å². The Bertz CT molecular complexity index is 958. The number of aromatic nitrogens is 2. The molecule has 0 atom stereocenters. The Labute approximate surface area is 136 Å². The fraction of sp³-hybridized carbons (Fsp3) is 0.111. The van der Waals surface area contributed by atoms with Crippen LogP contribution in [0.15, 0.2) is 57.9 Å². The van der Waals surface area contributed by atoms with Crippen molar-refractivity contribution in [2.75, 3.05) is 0 Å². The van der Waals surface area contributed by atoms with Gasteiger partial charge in [0.05, 0.1) is 5.69 Å². The molecule has 0 N–H and O–H groups in total. The molecule has 0 fully saturated rings. The molecule has 1 aliphatic rings. The van der Waals surface area contributed by atoms with Gasteiger partial charge in [0.25, 0.3) is 5.56 Å². The SMILES string of the molecule is O=c1c2c(nc3ccc(Br)cn13)/C(=C\c1ccccc1)CC2. The fourth-order valence-electron chi connectivity index (χ4n) is 2.91. The highest BCUT2D eigenvalue weighted by Gasteiger charge is 2.22. The van der Waals surface area contributed by atoms with Gasteiger partial charge in [-0.1, -0.05) is 30.3 Å². The molecule has 2 aromatic heterocycles. The maximum atomic E-state index is 12.6. The van der Waals surface area contributed by atoms with Gasteiger partial charge in [-0.25, -0.2) is 4.98 Å². The van der Waals surface area contributed by atoms with Gasteiger partial charge in [0, 0.05) is 16.2 Å². The molecule has 0 aliphatic heterocycles. The van der Waals surface area contributed by atoms with E-state index < -0.39 is 0 Å². The maximum Gasteiger partial charge on any atom is 0.261 e. The molecule has 22 heavy (non-hydrogen) atoms. The van der Waals surface area contributed by atoms with Crippen molar-refractivity contribution in [1.29, 1.82) is 0 Å². The van der Waals surface area contributed by atoms with Gasteiger partial charge in [0.15, 0.2) is 0 Å². The topological polar surface area (TPSA) is 34.4 Å². The molecule has 4 rings (SSSR count). The monoisotopic (exact) mass is 352 g/mol. The van der Waals surface area contributed by atoms with E-state index in [0.717, 1.165) is 39.7 Å². The van der Waals surface area contributed by atoms with E-state index in [9.17, 15) is 4.79 Å². The first kappa shape index (κ1) is 13.5. The Morgan fingerprint density at radius 2 is 1.91 bits per heavy atom. The number of fused-ring (bicyclic) bond motifs is 2. The number of benzene rings is 1. The van der Waals surface area contributed by atoms with Gasteiger partial charge in [0.2, 0.25) is 0 Å². The Morgan fingerprint density at radius 3 is 2.73 bits per heavy atom. The van der Waals surface area contributed by atoms with Gasteiger partial charge in [0.1, 0.15) is 5.65 Å². The second-order valence-corrected chi connectivity index (χ2v) is 6.32. The highest BCUT2D eigenvalue weighted by Crippen LogP contribution is 2.30. The number of allylic oxidation sites excluding steroid dienone is 1. The molecule has 2 heterocycles. The van der Waals surface area contributed by atoms with Gasteiger partial charge < -0.3 is 0 Å². The van der Waals surface area contributed by atoms with Crippen LogP contribution in [-0.4, -0.2) is 9.38 Å². The number of hydrogen-bond acceptors (Lipinski definition) is 2. The van der Waals surface area contributed by atoms with Crippen molar-refractivity contribution in [1.82, 2.24) is 9.38 Å². The molecule has 3 aromatic rings. The number of nitrogens with zero attached hydrogens (tertiary/aromatic N) is 2. The fourth-order valence-corrected chi connectivity index (χ4v) is 3.25. The Hall–Kier alpha value is -2.20. The summed E-state index contributed by atoms with van der Waals surface area (Å²) in [5, 5.41) is 0. The molecule has 1 aliphatic carbocycles. The standard InChI is InChI=1S/C18H13BrN2O/c19-14-7-9-16-20-17-13(10-12-4-2-1-3-5-12)6-8-15(17)18(22)21(16)11-14/h1-5,7,9-11H,6,8H2/b13-10-. The lowest BCUT2D eigenvalue weighted by atomic mass is 10.1. The summed E-state index contributed by atoms with van der Waals surface area (Å²) in [5.74, 6) is 0. The summed E-state index contributed by atoms with van der Waals surface area (Å²) < 4.78 is 2.50. The van der Waals surface area contributed by atoms with Crippen LogP contribution >= 0.6 is 15.9 Å². The molecule has 0 bridgehead atoms. The van der Waals surface area contributed by atoms with Crippen LogP contribution in [0.4, 0.5) is 0 Å². The summed E-state index contributed by atoms with van der Waals surface area (Å²) in [7, 11) is 0. The predicted octanol–water partition coefficient (Wildman–Crippen LogP) is 3.94. The van der Waals surface area contributed by atoms with Crippen LogP contribution in [0.5, 0.6) is 0 Å². The van der Waals surface area contributed by atoms with E-state index in [1.165, 1.54) is 0 Å². The summed E-state index contributed by atoms with van der Waals surface area (Å²) in [6.45, 7) is 0. The Kier molecular flexibility index (Phi) is 3.19.